The normalized spacial score (nSPS) is 10.3. The number of hydrogen-bond acceptors (Lipinski definition) is 2. The van der Waals surface area contributed by atoms with Gasteiger partial charge in [-0.3, -0.25) is 0 Å². The number of phenols is 1. The third kappa shape index (κ3) is 7.16. The van der Waals surface area contributed by atoms with Crippen molar-refractivity contribution in [2.75, 3.05) is 0 Å². The summed E-state index contributed by atoms with van der Waals surface area (Å²) in [5.74, 6) is -0.363. The molecule has 2 N–H and O–H groups in total. The van der Waals surface area contributed by atoms with Crippen LogP contribution in [0.3, 0.4) is 0 Å². The van der Waals surface area contributed by atoms with Crippen LogP contribution in [0.5, 0.6) is 5.75 Å². The van der Waals surface area contributed by atoms with Gasteiger partial charge in [0.05, 0.1) is 15.1 Å². The van der Waals surface area contributed by atoms with Crippen molar-refractivity contribution in [1.82, 2.24) is 0 Å². The van der Waals surface area contributed by atoms with Crippen molar-refractivity contribution in [2.45, 2.75) is 19.6 Å². The van der Waals surface area contributed by atoms with Crippen molar-refractivity contribution < 1.29 is 29.4 Å². The van der Waals surface area contributed by atoms with Gasteiger partial charge in [-0.15, -0.1) is 0 Å². The van der Waals surface area contributed by atoms with Crippen molar-refractivity contribution in [3.8, 4) is 5.75 Å². The van der Waals surface area contributed by atoms with Crippen LogP contribution in [0.15, 0.2) is 0 Å². The Bertz CT molecular complexity index is 311. The predicted octanol–water partition coefficient (Wildman–Crippen LogP) is 5.47. The van der Waals surface area contributed by atoms with Crippen molar-refractivity contribution in [2.24, 2.45) is 0 Å². The molecule has 100 valence electrons. The summed E-state index contributed by atoms with van der Waals surface area (Å²) in [4.78, 5) is 8.66. The van der Waals surface area contributed by atoms with Gasteiger partial charge in [0.15, 0.2) is 14.1 Å². The molecule has 0 radical (unpaired) electrons. The van der Waals surface area contributed by atoms with E-state index in [9.17, 15) is 5.11 Å². The Morgan fingerprint density at radius 2 is 0.889 bits per heavy atom. The number of rotatable bonds is 0. The largest absolute Gasteiger partial charge is 0.505 e. The van der Waals surface area contributed by atoms with Crippen LogP contribution in [0, 0.1) is 0 Å². The first kappa shape index (κ1) is 21.6. The minimum Gasteiger partial charge on any atom is -0.505 e. The zero-order chi connectivity index (χ0) is 14.0. The van der Waals surface area contributed by atoms with E-state index in [2.05, 4.69) is 0 Å². The van der Waals surface area contributed by atoms with Crippen molar-refractivity contribution >= 4 is 66.3 Å². The number of phenolic OH excluding ortho intramolecular Hbond substituents is 1. The van der Waals surface area contributed by atoms with Crippen LogP contribution < -0.4 is 0 Å². The average Bonchev–Trinajstić information content (AvgIpc) is 2.18. The molecule has 0 heterocycles. The van der Waals surface area contributed by atoms with Crippen LogP contribution in [0.2, 0.25) is 44.8 Å². The summed E-state index contributed by atoms with van der Waals surface area (Å²) in [6.07, 6.45) is 0. The molecule has 1 rings (SSSR count). The SMILES string of the molecule is C[Si](C)(C)O.Oc1c(Cl)c(Cl)c(Cl)c(Cl)c1Cl.[Zn]. The van der Waals surface area contributed by atoms with Gasteiger partial charge in [0.25, 0.3) is 0 Å². The summed E-state index contributed by atoms with van der Waals surface area (Å²) in [6, 6.07) is 0. The molecule has 2 nitrogen and oxygen atoms in total. The first-order valence-corrected chi connectivity index (χ1v) is 9.73. The molecule has 0 bridgehead atoms. The van der Waals surface area contributed by atoms with Crippen LogP contribution in [0.1, 0.15) is 0 Å². The van der Waals surface area contributed by atoms with Gasteiger partial charge in [-0.25, -0.2) is 0 Å². The fraction of sp³-hybridized carbons (Fsp3) is 0.333. The third-order valence-electron chi connectivity index (χ3n) is 1.19. The molecule has 9 heteroatoms. The van der Waals surface area contributed by atoms with Gasteiger partial charge in [0, 0.05) is 19.5 Å². The number of hydrogen-bond donors (Lipinski definition) is 2. The molecule has 0 spiro atoms. The van der Waals surface area contributed by atoms with Crippen LogP contribution in [-0.2, 0) is 19.5 Å². The van der Waals surface area contributed by atoms with E-state index in [1.807, 2.05) is 19.6 Å². The molecule has 0 amide bonds. The van der Waals surface area contributed by atoms with Crippen LogP contribution >= 0.6 is 58.0 Å². The minimum atomic E-state index is -1.61. The minimum absolute atomic E-state index is 0. The third-order valence-corrected chi connectivity index (χ3v) is 3.44. The fourth-order valence-corrected chi connectivity index (χ4v) is 1.72. The smallest absolute Gasteiger partial charge is 0.179 e. The van der Waals surface area contributed by atoms with Gasteiger partial charge in [-0.2, -0.15) is 0 Å². The van der Waals surface area contributed by atoms with E-state index < -0.39 is 8.32 Å². The second-order valence-electron chi connectivity index (χ2n) is 4.09. The molecular formula is C9H11Cl5O2SiZn. The van der Waals surface area contributed by atoms with E-state index in [0.717, 1.165) is 0 Å². The van der Waals surface area contributed by atoms with E-state index in [-0.39, 0.29) is 50.3 Å². The first-order valence-electron chi connectivity index (χ1n) is 4.39. The van der Waals surface area contributed by atoms with Gasteiger partial charge < -0.3 is 9.90 Å². The Labute approximate surface area is 145 Å². The summed E-state index contributed by atoms with van der Waals surface area (Å²) in [6.45, 7) is 5.65. The van der Waals surface area contributed by atoms with Crippen LogP contribution in [0.25, 0.3) is 0 Å². The fourth-order valence-electron chi connectivity index (χ4n) is 0.593. The monoisotopic (exact) mass is 418 g/mol. The second kappa shape index (κ2) is 8.53. The summed E-state index contributed by atoms with van der Waals surface area (Å²) in [5, 5.41) is 9.01. The summed E-state index contributed by atoms with van der Waals surface area (Å²) in [5.41, 5.74) is 0. The van der Waals surface area contributed by atoms with Gasteiger partial charge in [-0.1, -0.05) is 58.0 Å². The number of halogens is 5. The van der Waals surface area contributed by atoms with Crippen LogP contribution in [0.4, 0.5) is 0 Å². The van der Waals surface area contributed by atoms with Crippen molar-refractivity contribution in [1.29, 1.82) is 0 Å². The quantitative estimate of drug-likeness (QED) is 0.331. The Morgan fingerprint density at radius 3 is 1.11 bits per heavy atom. The Hall–Kier alpha value is 1.27. The molecule has 0 aromatic heterocycles. The van der Waals surface area contributed by atoms with Crippen LogP contribution in [-0.4, -0.2) is 18.2 Å². The molecular weight excluding hydrogens is 411 g/mol. The predicted molar refractivity (Wildman–Crippen MR) is 78.7 cm³/mol. The molecule has 0 aliphatic rings. The molecule has 0 unspecified atom stereocenters. The van der Waals surface area contributed by atoms with Gasteiger partial charge in [0.1, 0.15) is 10.0 Å². The summed E-state index contributed by atoms with van der Waals surface area (Å²) < 4.78 is 0. The Balaban J connectivity index is 0. The molecule has 1 aromatic rings. The van der Waals surface area contributed by atoms with E-state index in [1.54, 1.807) is 0 Å². The standard InChI is InChI=1S/C6HCl5O.C3H10OSi.Zn/c7-1-2(8)4(10)6(12)5(11)3(1)9;1-5(2,3)4;/h12H;4H,1-3H3;. The maximum Gasteiger partial charge on any atom is 0.179 e. The maximum absolute atomic E-state index is 9.20. The van der Waals surface area contributed by atoms with Crippen molar-refractivity contribution in [3.63, 3.8) is 0 Å². The molecule has 0 aliphatic carbocycles. The molecule has 0 saturated carbocycles. The molecule has 1 aromatic carbocycles. The van der Waals surface area contributed by atoms with E-state index >= 15 is 0 Å². The van der Waals surface area contributed by atoms with E-state index in [4.69, 9.17) is 62.8 Å². The molecule has 0 saturated heterocycles. The molecule has 18 heavy (non-hydrogen) atoms. The van der Waals surface area contributed by atoms with E-state index in [1.165, 1.54) is 0 Å². The zero-order valence-corrected chi connectivity index (χ0v) is 17.7. The summed E-state index contributed by atoms with van der Waals surface area (Å²) >= 11 is 27.9. The molecule has 0 aliphatic heterocycles. The van der Waals surface area contributed by atoms with Gasteiger partial charge in [-0.05, 0) is 19.6 Å². The maximum atomic E-state index is 9.20. The summed E-state index contributed by atoms with van der Waals surface area (Å²) in [7, 11) is -1.61. The first-order chi connectivity index (χ1) is 7.46. The van der Waals surface area contributed by atoms with Gasteiger partial charge in [0.2, 0.25) is 0 Å². The second-order valence-corrected chi connectivity index (χ2v) is 10.3. The molecule has 0 fully saturated rings. The number of benzene rings is 1. The average molecular weight is 422 g/mol. The Morgan fingerprint density at radius 1 is 0.722 bits per heavy atom. The molecule has 0 atom stereocenters. The van der Waals surface area contributed by atoms with E-state index in [0.29, 0.717) is 0 Å². The van der Waals surface area contributed by atoms with Gasteiger partial charge >= 0.3 is 0 Å². The number of aromatic hydroxyl groups is 1. The Kier molecular flexibility index (Phi) is 10.2. The van der Waals surface area contributed by atoms with Crippen molar-refractivity contribution in [3.05, 3.63) is 25.1 Å². The topological polar surface area (TPSA) is 40.5 Å². The zero-order valence-electron chi connectivity index (χ0n) is 9.99.